The Balaban J connectivity index is 1.51. The number of pyridine rings is 1. The maximum absolute atomic E-state index is 12.2. The van der Waals surface area contributed by atoms with Gasteiger partial charge < -0.3 is 20.7 Å². The molecule has 0 aliphatic carbocycles. The molecular formula is C27H28N4O2S. The molecule has 1 fully saturated rings. The molecule has 3 heterocycles. The van der Waals surface area contributed by atoms with E-state index < -0.39 is 5.91 Å². The van der Waals surface area contributed by atoms with Crippen LogP contribution in [0, 0.1) is 0 Å². The second kappa shape index (κ2) is 9.83. The molecule has 6 nitrogen and oxygen atoms in total. The molecule has 5 rings (SSSR count). The van der Waals surface area contributed by atoms with Crippen molar-refractivity contribution in [2.45, 2.75) is 25.5 Å². The number of nitrogens with zero attached hydrogens (tertiary/aromatic N) is 2. The SMILES string of the molecule is CN1CCC[C@H](Nc2ncc(C(N)=O)c3sc(-c4ccccc4OCc4ccccc4)cc23)C1. The zero-order chi connectivity index (χ0) is 23.5. The standard InChI is InChI=1S/C27H28N4O2S/c1-31-13-7-10-19(16-31)30-27-21-14-24(34-25(21)22(15-29-27)26(28)32)20-11-5-6-12-23(20)33-17-18-8-3-2-4-9-18/h2-6,8-9,11-12,14-15,19H,7,10,13,16-17H2,1H3,(H2,28,32)(H,29,30)/t19-/m0/s1. The van der Waals surface area contributed by atoms with Crippen molar-refractivity contribution in [2.75, 3.05) is 25.5 Å². The number of likely N-dealkylation sites (N-methyl/N-ethyl adjacent to an activating group) is 1. The number of nitrogens with two attached hydrogens (primary N) is 1. The van der Waals surface area contributed by atoms with Crippen LogP contribution in [0.1, 0.15) is 28.8 Å². The largest absolute Gasteiger partial charge is 0.488 e. The van der Waals surface area contributed by atoms with Crippen LogP contribution in [0.2, 0.25) is 0 Å². The molecule has 2 aromatic carbocycles. The number of thiophene rings is 1. The number of likely N-dealkylation sites (tertiary alicyclic amines) is 1. The average Bonchev–Trinajstić information content (AvgIpc) is 3.29. The van der Waals surface area contributed by atoms with E-state index >= 15 is 0 Å². The maximum Gasteiger partial charge on any atom is 0.251 e. The summed E-state index contributed by atoms with van der Waals surface area (Å²) in [7, 11) is 2.14. The van der Waals surface area contributed by atoms with Gasteiger partial charge in [-0.15, -0.1) is 11.3 Å². The Kier molecular flexibility index (Phi) is 6.47. The Morgan fingerprint density at radius 1 is 1.21 bits per heavy atom. The van der Waals surface area contributed by atoms with E-state index in [1.54, 1.807) is 17.5 Å². The van der Waals surface area contributed by atoms with Crippen molar-refractivity contribution in [2.24, 2.45) is 5.73 Å². The summed E-state index contributed by atoms with van der Waals surface area (Å²) in [5.41, 5.74) is 8.24. The number of carbonyl (C=O) groups excluding carboxylic acids is 1. The van der Waals surface area contributed by atoms with Crippen LogP contribution >= 0.6 is 11.3 Å². The van der Waals surface area contributed by atoms with Crippen LogP contribution < -0.4 is 15.8 Å². The van der Waals surface area contributed by atoms with Gasteiger partial charge in [-0.05, 0) is 50.2 Å². The highest BCUT2D eigenvalue weighted by Crippen LogP contribution is 2.41. The van der Waals surface area contributed by atoms with E-state index in [2.05, 4.69) is 28.3 Å². The number of carbonyl (C=O) groups is 1. The fourth-order valence-corrected chi connectivity index (χ4v) is 5.66. The zero-order valence-corrected chi connectivity index (χ0v) is 20.0. The van der Waals surface area contributed by atoms with Crippen LogP contribution in [0.5, 0.6) is 5.75 Å². The molecule has 4 aromatic rings. The number of anilines is 1. The lowest BCUT2D eigenvalue weighted by molar-refractivity contribution is 0.100. The molecule has 34 heavy (non-hydrogen) atoms. The summed E-state index contributed by atoms with van der Waals surface area (Å²) in [4.78, 5) is 20.1. The summed E-state index contributed by atoms with van der Waals surface area (Å²) in [6.45, 7) is 2.57. The van der Waals surface area contributed by atoms with Gasteiger partial charge in [0.1, 0.15) is 18.2 Å². The van der Waals surface area contributed by atoms with Gasteiger partial charge in [-0.1, -0.05) is 42.5 Å². The molecule has 0 saturated carbocycles. The molecule has 0 unspecified atom stereocenters. The Morgan fingerprint density at radius 2 is 2.00 bits per heavy atom. The van der Waals surface area contributed by atoms with Gasteiger partial charge in [0.25, 0.3) is 5.91 Å². The molecule has 0 radical (unpaired) electrons. The summed E-state index contributed by atoms with van der Waals surface area (Å²) in [6, 6.07) is 20.5. The van der Waals surface area contributed by atoms with Crippen molar-refractivity contribution in [3.05, 3.63) is 78.0 Å². The first kappa shape index (κ1) is 22.4. The third-order valence-electron chi connectivity index (χ3n) is 6.18. The second-order valence-electron chi connectivity index (χ2n) is 8.75. The predicted molar refractivity (Wildman–Crippen MR) is 138 cm³/mol. The fraction of sp³-hybridized carbons (Fsp3) is 0.259. The van der Waals surface area contributed by atoms with Gasteiger partial charge in [0, 0.05) is 34.6 Å². The van der Waals surface area contributed by atoms with E-state index in [4.69, 9.17) is 10.5 Å². The zero-order valence-electron chi connectivity index (χ0n) is 19.2. The molecule has 3 N–H and O–H groups in total. The number of primary amides is 1. The Bertz CT molecular complexity index is 1300. The molecule has 7 heteroatoms. The maximum atomic E-state index is 12.2. The minimum absolute atomic E-state index is 0.318. The number of hydrogen-bond donors (Lipinski definition) is 2. The highest BCUT2D eigenvalue weighted by molar-refractivity contribution is 7.22. The summed E-state index contributed by atoms with van der Waals surface area (Å²) < 4.78 is 7.04. The van der Waals surface area contributed by atoms with Gasteiger partial charge >= 0.3 is 0 Å². The highest BCUT2D eigenvalue weighted by Gasteiger charge is 2.21. The third-order valence-corrected chi connectivity index (χ3v) is 7.38. The number of rotatable bonds is 7. The van der Waals surface area contributed by atoms with Crippen LogP contribution in [0.15, 0.2) is 66.9 Å². The van der Waals surface area contributed by atoms with Crippen LogP contribution in [0.4, 0.5) is 5.82 Å². The summed E-state index contributed by atoms with van der Waals surface area (Å²) in [6.07, 6.45) is 3.84. The highest BCUT2D eigenvalue weighted by atomic mass is 32.1. The van der Waals surface area contributed by atoms with Gasteiger partial charge in [-0.25, -0.2) is 4.98 Å². The van der Waals surface area contributed by atoms with Crippen molar-refractivity contribution < 1.29 is 9.53 Å². The minimum Gasteiger partial charge on any atom is -0.488 e. The van der Waals surface area contributed by atoms with E-state index in [1.807, 2.05) is 54.6 Å². The summed E-state index contributed by atoms with van der Waals surface area (Å²) in [5, 5.41) is 4.54. The van der Waals surface area contributed by atoms with E-state index in [-0.39, 0.29) is 0 Å². The first-order chi connectivity index (χ1) is 16.6. The molecule has 0 bridgehead atoms. The molecule has 0 spiro atoms. The summed E-state index contributed by atoms with van der Waals surface area (Å²) in [5.74, 6) is 1.13. The third kappa shape index (κ3) is 4.76. The van der Waals surface area contributed by atoms with Gasteiger partial charge in [-0.3, -0.25) is 4.79 Å². The van der Waals surface area contributed by atoms with Crippen molar-refractivity contribution in [1.29, 1.82) is 0 Å². The topological polar surface area (TPSA) is 80.5 Å². The van der Waals surface area contributed by atoms with E-state index in [0.29, 0.717) is 18.2 Å². The quantitative estimate of drug-likeness (QED) is 0.389. The predicted octanol–water partition coefficient (Wildman–Crippen LogP) is 5.15. The van der Waals surface area contributed by atoms with Crippen LogP contribution in [0.25, 0.3) is 20.5 Å². The summed E-state index contributed by atoms with van der Waals surface area (Å²) >= 11 is 1.55. The van der Waals surface area contributed by atoms with Crippen molar-refractivity contribution in [3.63, 3.8) is 0 Å². The number of benzene rings is 2. The number of nitrogens with one attached hydrogen (secondary N) is 1. The molecule has 1 saturated heterocycles. The van der Waals surface area contributed by atoms with E-state index in [9.17, 15) is 4.79 Å². The number of amides is 1. The van der Waals surface area contributed by atoms with Crippen molar-refractivity contribution >= 4 is 33.1 Å². The lowest BCUT2D eigenvalue weighted by Gasteiger charge is -2.30. The number of hydrogen-bond acceptors (Lipinski definition) is 6. The number of aromatic nitrogens is 1. The molecule has 174 valence electrons. The number of para-hydroxylation sites is 1. The van der Waals surface area contributed by atoms with Gasteiger partial charge in [0.05, 0.1) is 10.3 Å². The molecule has 1 aliphatic rings. The lowest BCUT2D eigenvalue weighted by Crippen LogP contribution is -2.39. The fourth-order valence-electron chi connectivity index (χ4n) is 4.46. The van der Waals surface area contributed by atoms with Crippen molar-refractivity contribution in [3.8, 4) is 16.2 Å². The monoisotopic (exact) mass is 472 g/mol. The molecule has 1 atom stereocenters. The minimum atomic E-state index is -0.469. The number of fused-ring (bicyclic) bond motifs is 1. The average molecular weight is 473 g/mol. The van der Waals surface area contributed by atoms with Gasteiger partial charge in [0.15, 0.2) is 0 Å². The van der Waals surface area contributed by atoms with Gasteiger partial charge in [-0.2, -0.15) is 0 Å². The molecule has 2 aromatic heterocycles. The van der Waals surface area contributed by atoms with Crippen LogP contribution in [-0.2, 0) is 6.61 Å². The Labute approximate surface area is 203 Å². The van der Waals surface area contributed by atoms with Crippen LogP contribution in [-0.4, -0.2) is 42.0 Å². The number of ether oxygens (including phenoxy) is 1. The van der Waals surface area contributed by atoms with Gasteiger partial charge in [0.2, 0.25) is 0 Å². The second-order valence-corrected chi connectivity index (χ2v) is 9.81. The Morgan fingerprint density at radius 3 is 2.79 bits per heavy atom. The smallest absolute Gasteiger partial charge is 0.251 e. The molecule has 1 aliphatic heterocycles. The van der Waals surface area contributed by atoms with Crippen LogP contribution in [0.3, 0.4) is 0 Å². The lowest BCUT2D eigenvalue weighted by atomic mass is 10.1. The molecular weight excluding hydrogens is 444 g/mol. The molecule has 1 amide bonds. The first-order valence-corrected chi connectivity index (χ1v) is 12.3. The van der Waals surface area contributed by atoms with E-state index in [0.717, 1.165) is 63.6 Å². The Hall–Kier alpha value is -3.42. The first-order valence-electron chi connectivity index (χ1n) is 11.5. The van der Waals surface area contributed by atoms with E-state index in [1.165, 1.54) is 0 Å². The number of piperidine rings is 1. The van der Waals surface area contributed by atoms with Crippen molar-refractivity contribution in [1.82, 2.24) is 9.88 Å². The normalized spacial score (nSPS) is 16.4.